The van der Waals surface area contributed by atoms with Gasteiger partial charge in [0.25, 0.3) is 0 Å². The number of rotatable bonds is 5. The number of alkyl carbamates (subject to hydrolysis) is 1. The van der Waals surface area contributed by atoms with Crippen LogP contribution in [0.2, 0.25) is 0 Å². The Balaban J connectivity index is 1.74. The quantitative estimate of drug-likeness (QED) is 0.832. The number of benzene rings is 2. The van der Waals surface area contributed by atoms with Crippen molar-refractivity contribution in [3.05, 3.63) is 59.7 Å². The Morgan fingerprint density at radius 3 is 2.12 bits per heavy atom. The number of carbonyl (C=O) groups is 2. The number of hydrogen-bond donors (Lipinski definition) is 1. The van der Waals surface area contributed by atoms with Crippen molar-refractivity contribution in [1.29, 1.82) is 0 Å². The van der Waals surface area contributed by atoms with Gasteiger partial charge < -0.3 is 10.1 Å². The lowest BCUT2D eigenvalue weighted by Gasteiger charge is -2.16. The Morgan fingerprint density at radius 2 is 1.62 bits per heavy atom. The van der Waals surface area contributed by atoms with Crippen molar-refractivity contribution >= 4 is 22.9 Å². The SMILES string of the molecule is CC[C@H](NC(=O)OCC1c2ccccc2-c2ccccc21)C(=O)Cl. The number of nitrogens with one attached hydrogen (secondary N) is 1. The second kappa shape index (κ2) is 7.05. The molecule has 0 radical (unpaired) electrons. The van der Waals surface area contributed by atoms with Crippen molar-refractivity contribution in [2.75, 3.05) is 6.61 Å². The molecule has 3 rings (SSSR count). The zero-order chi connectivity index (χ0) is 17.1. The molecule has 1 aliphatic carbocycles. The highest BCUT2D eigenvalue weighted by molar-refractivity contribution is 6.64. The number of amides is 1. The molecule has 5 heteroatoms. The number of hydrogen-bond acceptors (Lipinski definition) is 3. The normalized spacial score (nSPS) is 13.8. The van der Waals surface area contributed by atoms with E-state index < -0.39 is 17.4 Å². The van der Waals surface area contributed by atoms with Gasteiger partial charge in [-0.3, -0.25) is 4.79 Å². The summed E-state index contributed by atoms with van der Waals surface area (Å²) in [5.41, 5.74) is 4.63. The van der Waals surface area contributed by atoms with Gasteiger partial charge in [0, 0.05) is 5.92 Å². The number of fused-ring (bicyclic) bond motifs is 3. The molecule has 0 saturated heterocycles. The second-order valence-corrected chi connectivity index (χ2v) is 6.11. The molecule has 124 valence electrons. The first-order chi connectivity index (χ1) is 11.6. The molecule has 0 aromatic heterocycles. The van der Waals surface area contributed by atoms with Crippen molar-refractivity contribution in [1.82, 2.24) is 5.32 Å². The molecule has 0 bridgehead atoms. The average molecular weight is 344 g/mol. The van der Waals surface area contributed by atoms with Gasteiger partial charge in [-0.05, 0) is 40.3 Å². The topological polar surface area (TPSA) is 55.4 Å². The van der Waals surface area contributed by atoms with E-state index in [1.54, 1.807) is 6.92 Å². The van der Waals surface area contributed by atoms with Crippen molar-refractivity contribution in [3.63, 3.8) is 0 Å². The summed E-state index contributed by atoms with van der Waals surface area (Å²) in [7, 11) is 0. The van der Waals surface area contributed by atoms with Crippen molar-refractivity contribution < 1.29 is 14.3 Å². The van der Waals surface area contributed by atoms with Crippen LogP contribution in [0.1, 0.15) is 30.4 Å². The summed E-state index contributed by atoms with van der Waals surface area (Å²) in [6.07, 6.45) is -0.204. The highest BCUT2D eigenvalue weighted by atomic mass is 35.5. The number of halogens is 1. The van der Waals surface area contributed by atoms with Crippen LogP contribution in [-0.4, -0.2) is 24.0 Å². The molecule has 0 unspecified atom stereocenters. The monoisotopic (exact) mass is 343 g/mol. The third-order valence-electron chi connectivity index (χ3n) is 4.32. The fraction of sp³-hybridized carbons (Fsp3) is 0.263. The lowest BCUT2D eigenvalue weighted by atomic mass is 9.98. The van der Waals surface area contributed by atoms with Gasteiger partial charge in [-0.1, -0.05) is 55.5 Å². The van der Waals surface area contributed by atoms with E-state index >= 15 is 0 Å². The van der Waals surface area contributed by atoms with Crippen LogP contribution in [0.25, 0.3) is 11.1 Å². The summed E-state index contributed by atoms with van der Waals surface area (Å²) in [5.74, 6) is -0.00469. The van der Waals surface area contributed by atoms with Crippen LogP contribution in [0.5, 0.6) is 0 Å². The predicted octanol–water partition coefficient (Wildman–Crippen LogP) is 4.07. The van der Waals surface area contributed by atoms with Crippen LogP contribution >= 0.6 is 11.6 Å². The van der Waals surface area contributed by atoms with Crippen LogP contribution in [-0.2, 0) is 9.53 Å². The van der Waals surface area contributed by atoms with Gasteiger partial charge in [-0.15, -0.1) is 0 Å². The lowest BCUT2D eigenvalue weighted by Crippen LogP contribution is -2.39. The first-order valence-electron chi connectivity index (χ1n) is 7.92. The second-order valence-electron chi connectivity index (χ2n) is 5.73. The lowest BCUT2D eigenvalue weighted by molar-refractivity contribution is -0.113. The molecule has 0 heterocycles. The summed E-state index contributed by atoms with van der Waals surface area (Å²) >= 11 is 5.44. The van der Waals surface area contributed by atoms with E-state index in [-0.39, 0.29) is 12.5 Å². The molecular formula is C19H18ClNO3. The van der Waals surface area contributed by atoms with Gasteiger partial charge in [0.1, 0.15) is 12.6 Å². The van der Waals surface area contributed by atoms with Gasteiger partial charge in [0.05, 0.1) is 0 Å². The highest BCUT2D eigenvalue weighted by Gasteiger charge is 2.29. The minimum Gasteiger partial charge on any atom is -0.449 e. The van der Waals surface area contributed by atoms with Gasteiger partial charge >= 0.3 is 6.09 Å². The molecule has 1 aliphatic rings. The summed E-state index contributed by atoms with van der Waals surface area (Å²) in [5, 5.41) is 1.90. The Labute approximate surface area is 145 Å². The summed E-state index contributed by atoms with van der Waals surface area (Å²) < 4.78 is 5.36. The minimum absolute atomic E-state index is 0.00469. The fourth-order valence-corrected chi connectivity index (χ4v) is 3.31. The number of carbonyl (C=O) groups excluding carboxylic acids is 2. The predicted molar refractivity (Wildman–Crippen MR) is 93.1 cm³/mol. The van der Waals surface area contributed by atoms with Gasteiger partial charge in [0.2, 0.25) is 5.24 Å². The van der Waals surface area contributed by atoms with E-state index in [9.17, 15) is 9.59 Å². The molecule has 0 fully saturated rings. The fourth-order valence-electron chi connectivity index (χ4n) is 3.10. The molecule has 1 amide bonds. The van der Waals surface area contributed by atoms with Gasteiger partial charge in [-0.2, -0.15) is 0 Å². The molecule has 4 nitrogen and oxygen atoms in total. The molecular weight excluding hydrogens is 326 g/mol. The van der Waals surface area contributed by atoms with Crippen molar-refractivity contribution in [3.8, 4) is 11.1 Å². The zero-order valence-corrected chi connectivity index (χ0v) is 14.0. The van der Waals surface area contributed by atoms with Crippen molar-refractivity contribution in [2.45, 2.75) is 25.3 Å². The van der Waals surface area contributed by atoms with Crippen LogP contribution < -0.4 is 5.32 Å². The smallest absolute Gasteiger partial charge is 0.407 e. The standard InChI is InChI=1S/C19H18ClNO3/c1-2-17(18(20)22)21-19(23)24-11-16-14-9-5-3-7-12(14)13-8-4-6-10-15(13)16/h3-10,16-17H,2,11H2,1H3,(H,21,23)/t17-/m0/s1. The van der Waals surface area contributed by atoms with E-state index in [2.05, 4.69) is 29.6 Å². The Bertz CT molecular complexity index is 729. The Kier molecular flexibility index (Phi) is 4.86. The first kappa shape index (κ1) is 16.5. The molecule has 1 N–H and O–H groups in total. The third kappa shape index (κ3) is 3.15. The van der Waals surface area contributed by atoms with E-state index in [0.717, 1.165) is 11.1 Å². The summed E-state index contributed by atoms with van der Waals surface area (Å²) in [6, 6.07) is 15.5. The third-order valence-corrected chi connectivity index (χ3v) is 4.58. The molecule has 0 saturated carbocycles. The van der Waals surface area contributed by atoms with Gasteiger partial charge in [-0.25, -0.2) is 4.79 Å². The van der Waals surface area contributed by atoms with Crippen LogP contribution in [0.15, 0.2) is 48.5 Å². The summed E-state index contributed by atoms with van der Waals surface area (Å²) in [6.45, 7) is 1.99. The maximum Gasteiger partial charge on any atom is 0.407 e. The maximum absolute atomic E-state index is 12.0. The Hall–Kier alpha value is -2.33. The van der Waals surface area contributed by atoms with E-state index in [1.807, 2.05) is 24.3 Å². The molecule has 0 spiro atoms. The largest absolute Gasteiger partial charge is 0.449 e. The summed E-state index contributed by atoms with van der Waals surface area (Å²) in [4.78, 5) is 23.1. The molecule has 0 aliphatic heterocycles. The minimum atomic E-state index is -0.720. The first-order valence-corrected chi connectivity index (χ1v) is 8.30. The average Bonchev–Trinajstić information content (AvgIpc) is 2.91. The molecule has 1 atom stereocenters. The van der Waals surface area contributed by atoms with E-state index in [1.165, 1.54) is 11.1 Å². The van der Waals surface area contributed by atoms with Gasteiger partial charge in [0.15, 0.2) is 0 Å². The Morgan fingerprint density at radius 1 is 1.08 bits per heavy atom. The van der Waals surface area contributed by atoms with E-state index in [0.29, 0.717) is 6.42 Å². The van der Waals surface area contributed by atoms with Crippen LogP contribution in [0.4, 0.5) is 4.79 Å². The van der Waals surface area contributed by atoms with Crippen molar-refractivity contribution in [2.24, 2.45) is 0 Å². The molecule has 24 heavy (non-hydrogen) atoms. The van der Waals surface area contributed by atoms with Crippen LogP contribution in [0, 0.1) is 0 Å². The number of ether oxygens (including phenoxy) is 1. The molecule has 2 aromatic rings. The van der Waals surface area contributed by atoms with E-state index in [4.69, 9.17) is 16.3 Å². The zero-order valence-electron chi connectivity index (χ0n) is 13.3. The van der Waals surface area contributed by atoms with Crippen LogP contribution in [0.3, 0.4) is 0 Å². The maximum atomic E-state index is 12.0. The molecule has 2 aromatic carbocycles. The highest BCUT2D eigenvalue weighted by Crippen LogP contribution is 2.44.